The van der Waals surface area contributed by atoms with E-state index in [-0.39, 0.29) is 11.9 Å². The number of rotatable bonds is 7. The molecule has 1 aromatic rings. The van der Waals surface area contributed by atoms with Crippen molar-refractivity contribution >= 4 is 27.3 Å². The molecule has 0 saturated carbocycles. The molecule has 0 radical (unpaired) electrons. The quantitative estimate of drug-likeness (QED) is 0.777. The van der Waals surface area contributed by atoms with Gasteiger partial charge in [0.05, 0.1) is 11.1 Å². The van der Waals surface area contributed by atoms with Crippen molar-refractivity contribution in [2.24, 2.45) is 0 Å². The summed E-state index contributed by atoms with van der Waals surface area (Å²) in [6, 6.07) is 3.52. The van der Waals surface area contributed by atoms with E-state index in [4.69, 9.17) is 0 Å². The second kappa shape index (κ2) is 7.02. The van der Waals surface area contributed by atoms with Gasteiger partial charge in [-0.3, -0.25) is 4.79 Å². The van der Waals surface area contributed by atoms with Crippen LogP contribution in [0.4, 0.5) is 0 Å². The molecule has 0 aliphatic heterocycles. The molecule has 1 N–H and O–H groups in total. The number of nitrogens with one attached hydrogen (secondary N) is 1. The number of thiophene rings is 1. The van der Waals surface area contributed by atoms with Crippen molar-refractivity contribution in [3.63, 3.8) is 0 Å². The Morgan fingerprint density at radius 3 is 2.63 bits per heavy atom. The number of amides is 1. The predicted octanol–water partition coefficient (Wildman–Crippen LogP) is 1.54. The van der Waals surface area contributed by atoms with Gasteiger partial charge in [-0.25, -0.2) is 8.42 Å². The summed E-state index contributed by atoms with van der Waals surface area (Å²) in [7, 11) is -3.19. The predicted molar refractivity (Wildman–Crippen MR) is 78.0 cm³/mol. The molecule has 1 amide bonds. The van der Waals surface area contributed by atoms with E-state index in [1.807, 2.05) is 25.3 Å². The first-order valence-electron chi connectivity index (χ1n) is 6.11. The van der Waals surface area contributed by atoms with Gasteiger partial charge >= 0.3 is 0 Å². The number of hydrogen-bond donors (Lipinski definition) is 1. The van der Waals surface area contributed by atoms with Crippen molar-refractivity contribution in [3.05, 3.63) is 22.4 Å². The van der Waals surface area contributed by atoms with E-state index in [9.17, 15) is 13.2 Å². The molecular formula is C12H20N2O3S2. The lowest BCUT2D eigenvalue weighted by atomic mass is 10.3. The third-order valence-electron chi connectivity index (χ3n) is 2.59. The van der Waals surface area contributed by atoms with E-state index in [0.717, 1.165) is 0 Å². The largest absolute Gasteiger partial charge is 0.351 e. The summed E-state index contributed by atoms with van der Waals surface area (Å²) in [6.07, 6.45) is 1.81. The van der Waals surface area contributed by atoms with Gasteiger partial charge in [-0.15, -0.1) is 11.3 Å². The molecule has 0 bridgehead atoms. The van der Waals surface area contributed by atoms with Gasteiger partial charge in [0.2, 0.25) is 10.0 Å². The van der Waals surface area contributed by atoms with Crippen LogP contribution in [0.3, 0.4) is 0 Å². The van der Waals surface area contributed by atoms with Crippen LogP contribution in [-0.2, 0) is 10.0 Å². The fourth-order valence-corrected chi connectivity index (χ4v) is 3.61. The van der Waals surface area contributed by atoms with Crippen molar-refractivity contribution in [2.75, 3.05) is 19.3 Å². The maximum Gasteiger partial charge on any atom is 0.261 e. The van der Waals surface area contributed by atoms with E-state index in [1.165, 1.54) is 21.9 Å². The van der Waals surface area contributed by atoms with Crippen molar-refractivity contribution in [1.29, 1.82) is 0 Å². The first kappa shape index (κ1) is 16.1. The number of carbonyl (C=O) groups is 1. The fourth-order valence-electron chi connectivity index (χ4n) is 1.74. The smallest absolute Gasteiger partial charge is 0.261 e. The molecule has 0 saturated heterocycles. The van der Waals surface area contributed by atoms with E-state index >= 15 is 0 Å². The van der Waals surface area contributed by atoms with E-state index < -0.39 is 10.0 Å². The summed E-state index contributed by atoms with van der Waals surface area (Å²) in [5.74, 6) is -0.106. The molecule has 0 unspecified atom stereocenters. The molecule has 5 nitrogen and oxygen atoms in total. The maximum absolute atomic E-state index is 11.6. The van der Waals surface area contributed by atoms with E-state index in [2.05, 4.69) is 5.32 Å². The zero-order valence-electron chi connectivity index (χ0n) is 11.4. The highest BCUT2D eigenvalue weighted by molar-refractivity contribution is 7.88. The SMILES string of the molecule is CC(C)N(CCCNC(=O)c1cccs1)S(C)(=O)=O. The van der Waals surface area contributed by atoms with Gasteiger partial charge in [-0.2, -0.15) is 4.31 Å². The minimum absolute atomic E-state index is 0.0667. The van der Waals surface area contributed by atoms with Gasteiger partial charge in [0.25, 0.3) is 5.91 Å². The second-order valence-corrected chi connectivity index (χ2v) is 7.44. The first-order valence-corrected chi connectivity index (χ1v) is 8.83. The van der Waals surface area contributed by atoms with Crippen LogP contribution in [0.5, 0.6) is 0 Å². The van der Waals surface area contributed by atoms with Crippen LogP contribution in [-0.4, -0.2) is 44.0 Å². The summed E-state index contributed by atoms with van der Waals surface area (Å²) >= 11 is 1.39. The molecule has 7 heteroatoms. The lowest BCUT2D eigenvalue weighted by Gasteiger charge is -2.23. The van der Waals surface area contributed by atoms with Crippen LogP contribution in [0, 0.1) is 0 Å². The number of carbonyl (C=O) groups excluding carboxylic acids is 1. The van der Waals surface area contributed by atoms with Crippen LogP contribution >= 0.6 is 11.3 Å². The molecule has 0 aliphatic rings. The third kappa shape index (κ3) is 5.30. The molecule has 0 spiro atoms. The van der Waals surface area contributed by atoms with Gasteiger partial charge in [0.1, 0.15) is 0 Å². The molecular weight excluding hydrogens is 284 g/mol. The average Bonchev–Trinajstić information content (AvgIpc) is 2.79. The highest BCUT2D eigenvalue weighted by Gasteiger charge is 2.19. The molecule has 1 heterocycles. The van der Waals surface area contributed by atoms with Gasteiger partial charge in [-0.05, 0) is 31.7 Å². The Morgan fingerprint density at radius 1 is 1.47 bits per heavy atom. The first-order chi connectivity index (χ1) is 8.82. The maximum atomic E-state index is 11.6. The second-order valence-electron chi connectivity index (χ2n) is 4.55. The van der Waals surface area contributed by atoms with E-state index in [1.54, 1.807) is 6.07 Å². The summed E-state index contributed by atoms with van der Waals surface area (Å²) in [5.41, 5.74) is 0. The van der Waals surface area contributed by atoms with Crippen LogP contribution in [0.1, 0.15) is 29.9 Å². The third-order valence-corrected chi connectivity index (χ3v) is 4.91. The van der Waals surface area contributed by atoms with Gasteiger partial charge in [-0.1, -0.05) is 6.07 Å². The Hall–Kier alpha value is -0.920. The Balaban J connectivity index is 2.36. The molecule has 1 rings (SSSR count). The molecule has 0 atom stereocenters. The van der Waals surface area contributed by atoms with Gasteiger partial charge in [0, 0.05) is 19.1 Å². The van der Waals surface area contributed by atoms with Crippen molar-refractivity contribution in [1.82, 2.24) is 9.62 Å². The Bertz CT molecular complexity index is 495. The number of sulfonamides is 1. The molecule has 0 aliphatic carbocycles. The zero-order valence-corrected chi connectivity index (χ0v) is 13.1. The van der Waals surface area contributed by atoms with Gasteiger partial charge < -0.3 is 5.32 Å². The summed E-state index contributed by atoms with van der Waals surface area (Å²) < 4.78 is 24.5. The zero-order chi connectivity index (χ0) is 14.5. The van der Waals surface area contributed by atoms with Crippen LogP contribution in [0.2, 0.25) is 0 Å². The molecule has 1 aromatic heterocycles. The lowest BCUT2D eigenvalue weighted by Crippen LogP contribution is -2.38. The van der Waals surface area contributed by atoms with Crippen LogP contribution < -0.4 is 5.32 Å². The Kier molecular flexibility index (Phi) is 5.96. The topological polar surface area (TPSA) is 66.5 Å². The molecule has 0 fully saturated rings. The Morgan fingerprint density at radius 2 is 2.16 bits per heavy atom. The summed E-state index contributed by atoms with van der Waals surface area (Å²) in [6.45, 7) is 4.56. The van der Waals surface area contributed by atoms with Crippen LogP contribution in [0.25, 0.3) is 0 Å². The summed E-state index contributed by atoms with van der Waals surface area (Å²) in [4.78, 5) is 12.3. The molecule has 0 aromatic carbocycles. The van der Waals surface area contributed by atoms with Gasteiger partial charge in [0.15, 0.2) is 0 Å². The minimum Gasteiger partial charge on any atom is -0.351 e. The highest BCUT2D eigenvalue weighted by Crippen LogP contribution is 2.08. The Labute approximate surface area is 118 Å². The van der Waals surface area contributed by atoms with Crippen molar-refractivity contribution < 1.29 is 13.2 Å². The van der Waals surface area contributed by atoms with Crippen molar-refractivity contribution in [3.8, 4) is 0 Å². The fraction of sp³-hybridized carbons (Fsp3) is 0.583. The minimum atomic E-state index is -3.19. The highest BCUT2D eigenvalue weighted by atomic mass is 32.2. The molecule has 108 valence electrons. The number of nitrogens with zero attached hydrogens (tertiary/aromatic N) is 1. The van der Waals surface area contributed by atoms with Crippen molar-refractivity contribution in [2.45, 2.75) is 26.3 Å². The normalized spacial score (nSPS) is 12.1. The number of hydrogen-bond acceptors (Lipinski definition) is 4. The van der Waals surface area contributed by atoms with Crippen LogP contribution in [0.15, 0.2) is 17.5 Å². The monoisotopic (exact) mass is 304 g/mol. The lowest BCUT2D eigenvalue weighted by molar-refractivity contribution is 0.0956. The summed E-state index contributed by atoms with van der Waals surface area (Å²) in [5, 5.41) is 4.63. The average molecular weight is 304 g/mol. The molecule has 19 heavy (non-hydrogen) atoms. The standard InChI is InChI=1S/C12H20N2O3S2/c1-10(2)14(19(3,16)17)8-5-7-13-12(15)11-6-4-9-18-11/h4,6,9-10H,5,7-8H2,1-3H3,(H,13,15). The van der Waals surface area contributed by atoms with E-state index in [0.29, 0.717) is 24.4 Å².